The van der Waals surface area contributed by atoms with Gasteiger partial charge in [0.1, 0.15) is 22.9 Å². The lowest BCUT2D eigenvalue weighted by Crippen LogP contribution is -2.36. The minimum atomic E-state index is 0.641. The molecule has 1 aliphatic rings. The topological polar surface area (TPSA) is 64.5 Å². The van der Waals surface area contributed by atoms with Gasteiger partial charge in [-0.05, 0) is 24.3 Å². The molecule has 4 rings (SSSR count). The Morgan fingerprint density at radius 2 is 2.00 bits per heavy atom. The smallest absolute Gasteiger partial charge is 0.150 e. The summed E-state index contributed by atoms with van der Waals surface area (Å²) in [5.74, 6) is 2.25. The number of hydrogen-bond donors (Lipinski definition) is 0. The molecule has 150 valence electrons. The molecule has 0 unspecified atom stereocenters. The maximum absolute atomic E-state index is 11.2. The van der Waals surface area contributed by atoms with Crippen LogP contribution in [0, 0.1) is 0 Å². The number of nitrogens with zero attached hydrogens (tertiary/aromatic N) is 3. The van der Waals surface area contributed by atoms with E-state index in [-0.39, 0.29) is 0 Å². The van der Waals surface area contributed by atoms with E-state index in [1.807, 2.05) is 30.3 Å². The third-order valence-electron chi connectivity index (χ3n) is 4.89. The third-order valence-corrected chi connectivity index (χ3v) is 5.93. The quantitative estimate of drug-likeness (QED) is 0.336. The van der Waals surface area contributed by atoms with Crippen LogP contribution in [0.5, 0.6) is 5.75 Å². The average molecular weight is 410 g/mol. The monoisotopic (exact) mass is 409 g/mol. The van der Waals surface area contributed by atoms with Crippen molar-refractivity contribution in [2.45, 2.75) is 17.3 Å². The van der Waals surface area contributed by atoms with Crippen molar-refractivity contribution < 1.29 is 14.3 Å². The highest BCUT2D eigenvalue weighted by Crippen LogP contribution is 2.31. The van der Waals surface area contributed by atoms with Gasteiger partial charge in [-0.3, -0.25) is 9.69 Å². The summed E-state index contributed by atoms with van der Waals surface area (Å²) in [6, 6.07) is 13.6. The maximum atomic E-state index is 11.2. The molecule has 2 aromatic carbocycles. The molecule has 2 heterocycles. The second-order valence-electron chi connectivity index (χ2n) is 6.83. The van der Waals surface area contributed by atoms with Crippen LogP contribution >= 0.6 is 11.8 Å². The number of benzene rings is 2. The Hall–Kier alpha value is -2.48. The van der Waals surface area contributed by atoms with Crippen LogP contribution in [0.15, 0.2) is 47.5 Å². The van der Waals surface area contributed by atoms with Gasteiger partial charge in [0.15, 0.2) is 0 Å². The molecular weight excluding hydrogens is 386 g/mol. The maximum Gasteiger partial charge on any atom is 0.150 e. The molecule has 1 fully saturated rings. The van der Waals surface area contributed by atoms with Gasteiger partial charge in [-0.1, -0.05) is 18.2 Å². The molecule has 0 bridgehead atoms. The molecule has 0 aliphatic carbocycles. The Morgan fingerprint density at radius 3 is 2.79 bits per heavy atom. The van der Waals surface area contributed by atoms with Crippen molar-refractivity contribution in [1.82, 2.24) is 14.9 Å². The molecule has 1 saturated heterocycles. The van der Waals surface area contributed by atoms with Gasteiger partial charge >= 0.3 is 0 Å². The van der Waals surface area contributed by atoms with E-state index in [9.17, 15) is 4.79 Å². The van der Waals surface area contributed by atoms with Gasteiger partial charge < -0.3 is 9.47 Å². The van der Waals surface area contributed by atoms with Crippen LogP contribution in [0.1, 0.15) is 21.7 Å². The van der Waals surface area contributed by atoms with Crippen molar-refractivity contribution in [1.29, 1.82) is 0 Å². The highest BCUT2D eigenvalue weighted by molar-refractivity contribution is 7.98. The van der Waals surface area contributed by atoms with Gasteiger partial charge in [0, 0.05) is 35.4 Å². The fraction of sp³-hybridized carbons (Fsp3) is 0.318. The van der Waals surface area contributed by atoms with Crippen LogP contribution in [0.4, 0.5) is 0 Å². The van der Waals surface area contributed by atoms with Gasteiger partial charge in [0.05, 0.1) is 32.4 Å². The molecule has 29 heavy (non-hydrogen) atoms. The van der Waals surface area contributed by atoms with Crippen molar-refractivity contribution in [3.63, 3.8) is 0 Å². The first-order chi connectivity index (χ1) is 14.3. The summed E-state index contributed by atoms with van der Waals surface area (Å²) in [6.45, 7) is 4.01. The van der Waals surface area contributed by atoms with Crippen LogP contribution in [-0.4, -0.2) is 54.6 Å². The first-order valence-electron chi connectivity index (χ1n) is 9.57. The second-order valence-corrected chi connectivity index (χ2v) is 7.79. The van der Waals surface area contributed by atoms with E-state index >= 15 is 0 Å². The van der Waals surface area contributed by atoms with Crippen molar-refractivity contribution in [3.8, 4) is 5.75 Å². The minimum absolute atomic E-state index is 0.641. The first kappa shape index (κ1) is 19.8. The van der Waals surface area contributed by atoms with E-state index in [1.54, 1.807) is 24.9 Å². The van der Waals surface area contributed by atoms with Gasteiger partial charge in [-0.25, -0.2) is 9.97 Å². The van der Waals surface area contributed by atoms with Crippen molar-refractivity contribution in [3.05, 3.63) is 59.4 Å². The summed E-state index contributed by atoms with van der Waals surface area (Å²) < 4.78 is 10.9. The minimum Gasteiger partial charge on any atom is -0.496 e. The summed E-state index contributed by atoms with van der Waals surface area (Å²) >= 11 is 1.64. The van der Waals surface area contributed by atoms with Gasteiger partial charge in [0.25, 0.3) is 0 Å². The number of carbonyl (C=O) groups excluding carboxylic acids is 1. The number of thioether (sulfide) groups is 1. The molecule has 0 atom stereocenters. The number of fused-ring (bicyclic) bond motifs is 1. The van der Waals surface area contributed by atoms with E-state index in [0.29, 0.717) is 17.9 Å². The fourth-order valence-corrected chi connectivity index (χ4v) is 4.38. The lowest BCUT2D eigenvalue weighted by molar-refractivity contribution is 0.0330. The summed E-state index contributed by atoms with van der Waals surface area (Å²) in [4.78, 5) is 23.1. The molecule has 0 radical (unpaired) electrons. The van der Waals surface area contributed by atoms with E-state index in [4.69, 9.17) is 19.4 Å². The van der Waals surface area contributed by atoms with E-state index in [1.165, 1.54) is 0 Å². The number of carbonyl (C=O) groups is 1. The number of para-hydroxylation sites is 1. The molecule has 3 aromatic rings. The number of hydrogen-bond acceptors (Lipinski definition) is 7. The third kappa shape index (κ3) is 4.75. The van der Waals surface area contributed by atoms with Crippen LogP contribution in [-0.2, 0) is 17.0 Å². The van der Waals surface area contributed by atoms with E-state index in [2.05, 4.69) is 11.0 Å². The number of morpholine rings is 1. The molecule has 0 amide bonds. The molecule has 0 saturated carbocycles. The fourth-order valence-electron chi connectivity index (χ4n) is 3.36. The predicted octanol–water partition coefficient (Wildman–Crippen LogP) is 3.58. The average Bonchev–Trinajstić information content (AvgIpc) is 2.78. The Bertz CT molecular complexity index is 1010. The van der Waals surface area contributed by atoms with Crippen molar-refractivity contribution in [2.24, 2.45) is 0 Å². The highest BCUT2D eigenvalue weighted by atomic mass is 32.2. The van der Waals surface area contributed by atoms with E-state index < -0.39 is 0 Å². The number of rotatable bonds is 7. The van der Waals surface area contributed by atoms with Crippen LogP contribution < -0.4 is 4.74 Å². The molecule has 7 heteroatoms. The molecule has 1 aromatic heterocycles. The SMILES string of the molecule is COc1ccc(C=O)cc1CSc1nc(CN2CCOCC2)nc2ccccc12. The van der Waals surface area contributed by atoms with Crippen molar-refractivity contribution in [2.75, 3.05) is 33.4 Å². The zero-order valence-electron chi connectivity index (χ0n) is 16.3. The van der Waals surface area contributed by atoms with Gasteiger partial charge in [-0.15, -0.1) is 11.8 Å². The first-order valence-corrected chi connectivity index (χ1v) is 10.6. The summed E-state index contributed by atoms with van der Waals surface area (Å²) in [7, 11) is 1.64. The van der Waals surface area contributed by atoms with Crippen molar-refractivity contribution >= 4 is 29.0 Å². The number of aldehydes is 1. The zero-order valence-corrected chi connectivity index (χ0v) is 17.2. The molecule has 6 nitrogen and oxygen atoms in total. The Kier molecular flexibility index (Phi) is 6.39. The zero-order chi connectivity index (χ0) is 20.1. The standard InChI is InChI=1S/C22H23N3O3S/c1-27-20-7-6-16(14-26)12-17(20)15-29-22-18-4-2-3-5-19(18)23-21(24-22)13-25-8-10-28-11-9-25/h2-7,12,14H,8-11,13,15H2,1H3. The number of aromatic nitrogens is 2. The summed E-state index contributed by atoms with van der Waals surface area (Å²) in [6.07, 6.45) is 0.855. The van der Waals surface area contributed by atoms with Crippen LogP contribution in [0.2, 0.25) is 0 Å². The summed E-state index contributed by atoms with van der Waals surface area (Å²) in [5.41, 5.74) is 2.56. The Labute approximate surface area is 174 Å². The Balaban J connectivity index is 1.61. The molecule has 1 aliphatic heterocycles. The molecular formula is C22H23N3O3S. The normalized spacial score (nSPS) is 14.8. The van der Waals surface area contributed by atoms with Gasteiger partial charge in [-0.2, -0.15) is 0 Å². The van der Waals surface area contributed by atoms with Crippen LogP contribution in [0.3, 0.4) is 0 Å². The predicted molar refractivity (Wildman–Crippen MR) is 114 cm³/mol. The largest absolute Gasteiger partial charge is 0.496 e. The molecule has 0 spiro atoms. The second kappa shape index (κ2) is 9.35. The van der Waals surface area contributed by atoms with E-state index in [0.717, 1.165) is 65.7 Å². The van der Waals surface area contributed by atoms with Crippen LogP contribution in [0.25, 0.3) is 10.9 Å². The summed E-state index contributed by atoms with van der Waals surface area (Å²) in [5, 5.41) is 1.98. The Morgan fingerprint density at radius 1 is 1.17 bits per heavy atom. The van der Waals surface area contributed by atoms with Gasteiger partial charge in [0.2, 0.25) is 0 Å². The lowest BCUT2D eigenvalue weighted by atomic mass is 10.1. The number of methoxy groups -OCH3 is 1. The molecule has 0 N–H and O–H groups in total. The number of ether oxygens (including phenoxy) is 2. The lowest BCUT2D eigenvalue weighted by Gasteiger charge is -2.25. The highest BCUT2D eigenvalue weighted by Gasteiger charge is 2.15.